The summed E-state index contributed by atoms with van der Waals surface area (Å²) in [6, 6.07) is 6.22. The van der Waals surface area contributed by atoms with Gasteiger partial charge in [0.05, 0.1) is 11.1 Å². The van der Waals surface area contributed by atoms with Gasteiger partial charge in [0.2, 0.25) is 0 Å². The number of nitrogens with two attached hydrogens (primary N) is 1. The third-order valence-electron chi connectivity index (χ3n) is 3.89. The van der Waals surface area contributed by atoms with Crippen LogP contribution in [0.25, 0.3) is 10.9 Å². The number of hydrogen-bond donors (Lipinski definition) is 1. The lowest BCUT2D eigenvalue weighted by molar-refractivity contribution is -0.136. The minimum absolute atomic E-state index is 0.169. The minimum Gasteiger partial charge on any atom is -0.344 e. The van der Waals surface area contributed by atoms with E-state index in [4.69, 9.17) is 5.73 Å². The molecule has 2 heterocycles. The average molecular weight is 268 g/mol. The summed E-state index contributed by atoms with van der Waals surface area (Å²) in [7, 11) is 0. The fourth-order valence-corrected chi connectivity index (χ4v) is 3.04. The first-order valence-corrected chi connectivity index (χ1v) is 6.42. The zero-order valence-electron chi connectivity index (χ0n) is 10.4. The van der Waals surface area contributed by atoms with Crippen LogP contribution >= 0.6 is 0 Å². The predicted octanol–water partition coefficient (Wildman–Crippen LogP) is 3.50. The van der Waals surface area contributed by atoms with Crippen molar-refractivity contribution in [3.05, 3.63) is 35.5 Å². The van der Waals surface area contributed by atoms with Crippen molar-refractivity contribution in [3.8, 4) is 0 Å². The van der Waals surface area contributed by atoms with E-state index in [1.54, 1.807) is 10.6 Å². The van der Waals surface area contributed by atoms with E-state index < -0.39 is 11.7 Å². The molecule has 5 heteroatoms. The SMILES string of the molecule is NCC1CCCn2c1cc1cccc(C(F)(F)F)c12. The van der Waals surface area contributed by atoms with Gasteiger partial charge in [0.1, 0.15) is 0 Å². The number of benzene rings is 1. The van der Waals surface area contributed by atoms with Gasteiger partial charge in [-0.1, -0.05) is 12.1 Å². The van der Waals surface area contributed by atoms with E-state index in [0.29, 0.717) is 24.0 Å². The van der Waals surface area contributed by atoms with Crippen LogP contribution < -0.4 is 5.73 Å². The molecule has 1 aliphatic rings. The molecule has 1 unspecified atom stereocenters. The largest absolute Gasteiger partial charge is 0.418 e. The molecule has 0 fully saturated rings. The molecule has 2 nitrogen and oxygen atoms in total. The standard InChI is InChI=1S/C14H15F3N2/c15-14(16,17)11-5-1-3-9-7-12-10(8-18)4-2-6-19(12)13(9)11/h1,3,5,7,10H,2,4,6,8,18H2. The van der Waals surface area contributed by atoms with Crippen LogP contribution in [-0.2, 0) is 12.7 Å². The molecule has 1 atom stereocenters. The predicted molar refractivity (Wildman–Crippen MR) is 68.0 cm³/mol. The van der Waals surface area contributed by atoms with Gasteiger partial charge >= 0.3 is 6.18 Å². The quantitative estimate of drug-likeness (QED) is 0.843. The summed E-state index contributed by atoms with van der Waals surface area (Å²) in [6.45, 7) is 1.13. The Kier molecular flexibility index (Phi) is 2.82. The van der Waals surface area contributed by atoms with Crippen LogP contribution in [-0.4, -0.2) is 11.1 Å². The molecule has 1 aromatic carbocycles. The average Bonchev–Trinajstić information content (AvgIpc) is 2.75. The van der Waals surface area contributed by atoms with Gasteiger partial charge in [-0.05, 0) is 25.0 Å². The molecule has 0 bridgehead atoms. The lowest BCUT2D eigenvalue weighted by Crippen LogP contribution is -2.22. The number of nitrogens with zero attached hydrogens (tertiary/aromatic N) is 1. The maximum atomic E-state index is 13.1. The summed E-state index contributed by atoms with van der Waals surface area (Å²) in [4.78, 5) is 0. The number of para-hydroxylation sites is 1. The molecular formula is C14H15F3N2. The molecule has 2 N–H and O–H groups in total. The fraction of sp³-hybridized carbons (Fsp3) is 0.429. The van der Waals surface area contributed by atoms with Gasteiger partial charge < -0.3 is 10.3 Å². The molecule has 1 aliphatic heterocycles. The topological polar surface area (TPSA) is 30.9 Å². The highest BCUT2D eigenvalue weighted by atomic mass is 19.4. The van der Waals surface area contributed by atoms with E-state index in [1.165, 1.54) is 6.07 Å². The molecule has 102 valence electrons. The summed E-state index contributed by atoms with van der Waals surface area (Å²) in [6.07, 6.45) is -2.48. The highest BCUT2D eigenvalue weighted by Crippen LogP contribution is 2.39. The zero-order chi connectivity index (χ0) is 13.6. The lowest BCUT2D eigenvalue weighted by Gasteiger charge is -2.24. The monoisotopic (exact) mass is 268 g/mol. The zero-order valence-corrected chi connectivity index (χ0v) is 10.4. The molecule has 0 saturated carbocycles. The van der Waals surface area contributed by atoms with Crippen molar-refractivity contribution in [1.82, 2.24) is 4.57 Å². The number of aryl methyl sites for hydroxylation is 1. The van der Waals surface area contributed by atoms with Gasteiger partial charge in [-0.3, -0.25) is 0 Å². The highest BCUT2D eigenvalue weighted by molar-refractivity contribution is 5.85. The Labute approximate surface area is 109 Å². The van der Waals surface area contributed by atoms with Crippen LogP contribution in [0.15, 0.2) is 24.3 Å². The van der Waals surface area contributed by atoms with E-state index in [9.17, 15) is 13.2 Å². The van der Waals surface area contributed by atoms with Gasteiger partial charge in [0, 0.05) is 30.1 Å². The second-order valence-electron chi connectivity index (χ2n) is 5.04. The summed E-state index contributed by atoms with van der Waals surface area (Å²) in [5.41, 5.74) is 6.43. The van der Waals surface area contributed by atoms with E-state index in [-0.39, 0.29) is 5.92 Å². The number of hydrogen-bond acceptors (Lipinski definition) is 1. The summed E-state index contributed by atoms with van der Waals surface area (Å²) >= 11 is 0. The molecule has 0 aliphatic carbocycles. The number of halogens is 3. The van der Waals surface area contributed by atoms with E-state index in [0.717, 1.165) is 24.6 Å². The number of alkyl halides is 3. The lowest BCUT2D eigenvalue weighted by atomic mass is 9.96. The van der Waals surface area contributed by atoms with Crippen LogP contribution in [0, 0.1) is 0 Å². The summed E-state index contributed by atoms with van der Waals surface area (Å²) in [5, 5.41) is 0.658. The van der Waals surface area contributed by atoms with Crippen LogP contribution in [0.4, 0.5) is 13.2 Å². The Balaban J connectivity index is 2.29. The van der Waals surface area contributed by atoms with E-state index in [2.05, 4.69) is 0 Å². The second kappa shape index (κ2) is 4.27. The summed E-state index contributed by atoms with van der Waals surface area (Å²) < 4.78 is 41.1. The third kappa shape index (κ3) is 1.92. The third-order valence-corrected chi connectivity index (χ3v) is 3.89. The first-order chi connectivity index (χ1) is 9.02. The fourth-order valence-electron chi connectivity index (χ4n) is 3.04. The maximum Gasteiger partial charge on any atom is 0.418 e. The Morgan fingerprint density at radius 3 is 2.79 bits per heavy atom. The van der Waals surface area contributed by atoms with E-state index in [1.807, 2.05) is 6.07 Å². The van der Waals surface area contributed by atoms with Crippen molar-refractivity contribution in [3.63, 3.8) is 0 Å². The van der Waals surface area contributed by atoms with Gasteiger partial charge in [-0.25, -0.2) is 0 Å². The van der Waals surface area contributed by atoms with E-state index >= 15 is 0 Å². The van der Waals surface area contributed by atoms with Gasteiger partial charge in [0.25, 0.3) is 0 Å². The van der Waals surface area contributed by atoms with Crippen LogP contribution in [0.3, 0.4) is 0 Å². The smallest absolute Gasteiger partial charge is 0.344 e. The number of fused-ring (bicyclic) bond motifs is 3. The molecule has 0 saturated heterocycles. The van der Waals surface area contributed by atoms with Crippen molar-refractivity contribution < 1.29 is 13.2 Å². The number of rotatable bonds is 1. The van der Waals surface area contributed by atoms with Crippen LogP contribution in [0.1, 0.15) is 30.0 Å². The second-order valence-corrected chi connectivity index (χ2v) is 5.04. The van der Waals surface area contributed by atoms with Gasteiger partial charge in [-0.2, -0.15) is 13.2 Å². The Morgan fingerprint density at radius 1 is 1.32 bits per heavy atom. The number of aromatic nitrogens is 1. The Hall–Kier alpha value is -1.49. The minimum atomic E-state index is -4.32. The first-order valence-electron chi connectivity index (χ1n) is 6.42. The Bertz CT molecular complexity index is 613. The molecule has 3 rings (SSSR count). The maximum absolute atomic E-state index is 13.1. The van der Waals surface area contributed by atoms with Crippen molar-refractivity contribution in [2.24, 2.45) is 5.73 Å². The molecule has 0 radical (unpaired) electrons. The highest BCUT2D eigenvalue weighted by Gasteiger charge is 2.35. The van der Waals surface area contributed by atoms with Crippen LogP contribution in [0.5, 0.6) is 0 Å². The van der Waals surface area contributed by atoms with Crippen molar-refractivity contribution in [1.29, 1.82) is 0 Å². The van der Waals surface area contributed by atoms with Crippen molar-refractivity contribution in [2.45, 2.75) is 31.5 Å². The molecule has 0 amide bonds. The molecular weight excluding hydrogens is 253 g/mol. The van der Waals surface area contributed by atoms with Crippen molar-refractivity contribution in [2.75, 3.05) is 6.54 Å². The molecule has 2 aromatic rings. The summed E-state index contributed by atoms with van der Waals surface area (Å²) in [5.74, 6) is 0.169. The van der Waals surface area contributed by atoms with Gasteiger partial charge in [0.15, 0.2) is 0 Å². The normalized spacial score (nSPS) is 19.7. The Morgan fingerprint density at radius 2 is 2.11 bits per heavy atom. The van der Waals surface area contributed by atoms with Crippen molar-refractivity contribution >= 4 is 10.9 Å². The first kappa shape index (κ1) is 12.5. The molecule has 19 heavy (non-hydrogen) atoms. The van der Waals surface area contributed by atoms with Crippen LogP contribution in [0.2, 0.25) is 0 Å². The molecule has 0 spiro atoms. The van der Waals surface area contributed by atoms with Gasteiger partial charge in [-0.15, -0.1) is 0 Å². The molecule has 1 aromatic heterocycles.